The minimum atomic E-state index is -4.55. The van der Waals surface area contributed by atoms with E-state index in [-0.39, 0.29) is 38.7 Å². The minimum Gasteiger partial charge on any atom is -0.444 e. The van der Waals surface area contributed by atoms with Gasteiger partial charge in [0.05, 0.1) is 40.4 Å². The van der Waals surface area contributed by atoms with Gasteiger partial charge >= 0.3 is 24.5 Å². The molecule has 2 aliphatic heterocycles. The number of nitrogens with one attached hydrogen (secondary N) is 2. The maximum atomic E-state index is 13.0. The molecule has 2 saturated carbocycles. The number of rotatable bonds is 5. The van der Waals surface area contributed by atoms with Crippen molar-refractivity contribution < 1.29 is 53.8 Å². The molecule has 2 unspecified atom stereocenters. The molecule has 0 bridgehead atoms. The third-order valence-corrected chi connectivity index (χ3v) is 12.9. The van der Waals surface area contributed by atoms with Gasteiger partial charge in [0, 0.05) is 49.5 Å². The molecule has 2 spiro atoms. The summed E-state index contributed by atoms with van der Waals surface area (Å²) < 4.78 is 129. The molecule has 0 radical (unpaired) electrons. The predicted molar refractivity (Wildman–Crippen MR) is 207 cm³/mol. The quantitative estimate of drug-likeness (QED) is 0.287. The molecule has 2 aromatic rings. The van der Waals surface area contributed by atoms with Crippen molar-refractivity contribution in [2.24, 2.45) is 16.7 Å². The molecule has 10 nitrogen and oxygen atoms in total. The molecule has 2 saturated heterocycles. The fourth-order valence-corrected chi connectivity index (χ4v) is 10.1. The Morgan fingerprint density at radius 1 is 0.724 bits per heavy atom. The Morgan fingerprint density at radius 3 is 1.55 bits per heavy atom. The number of carbonyl (C=O) groups is 2. The molecule has 6 rings (SSSR count). The SMILES string of the molecule is CC(C)(C)OC(=O)N1CC2(CC(=Cc3ccc(C(F)(F)F)cc3S(C)(=N)=O)C2)C1.CC(C)(C)OC(=O)N1CC2(CC(Cc3ccc(C(F)(F)F)cc3S(C)(=N)=O)C2)C1. The second-order valence-corrected chi connectivity index (χ2v) is 22.8. The molecule has 2 N–H and O–H groups in total. The molecule has 18 heteroatoms. The molecule has 2 heterocycles. The van der Waals surface area contributed by atoms with Crippen LogP contribution in [0.5, 0.6) is 0 Å². The van der Waals surface area contributed by atoms with Crippen LogP contribution in [0.1, 0.15) is 89.5 Å². The molecule has 2 atom stereocenters. The van der Waals surface area contributed by atoms with Gasteiger partial charge in [0.1, 0.15) is 11.2 Å². The Kier molecular flexibility index (Phi) is 11.7. The number of halogens is 6. The number of nitrogens with zero attached hydrogens (tertiary/aromatic N) is 2. The number of amides is 2. The highest BCUT2D eigenvalue weighted by Gasteiger charge is 2.54. The summed E-state index contributed by atoms with van der Waals surface area (Å²) >= 11 is 0. The van der Waals surface area contributed by atoms with E-state index in [1.807, 2.05) is 41.5 Å². The summed E-state index contributed by atoms with van der Waals surface area (Å²) in [6, 6.07) is 6.24. The second kappa shape index (κ2) is 15.0. The van der Waals surface area contributed by atoms with Gasteiger partial charge in [0.25, 0.3) is 0 Å². The number of hydrogen-bond acceptors (Lipinski definition) is 8. The van der Waals surface area contributed by atoms with Crippen LogP contribution in [0.15, 0.2) is 51.8 Å². The van der Waals surface area contributed by atoms with Gasteiger partial charge < -0.3 is 19.3 Å². The zero-order valence-electron chi connectivity index (χ0n) is 33.9. The Labute approximate surface area is 336 Å². The summed E-state index contributed by atoms with van der Waals surface area (Å²) in [6.45, 7) is 13.3. The van der Waals surface area contributed by atoms with Crippen LogP contribution in [0.25, 0.3) is 6.08 Å². The van der Waals surface area contributed by atoms with E-state index in [9.17, 15) is 44.3 Å². The molecular formula is C40H52F6N4O6S2. The van der Waals surface area contributed by atoms with E-state index in [1.165, 1.54) is 12.1 Å². The van der Waals surface area contributed by atoms with Gasteiger partial charge in [-0.1, -0.05) is 23.8 Å². The van der Waals surface area contributed by atoms with Crippen LogP contribution >= 0.6 is 0 Å². The lowest BCUT2D eigenvalue weighted by atomic mass is 9.56. The Hall–Kier alpha value is -3.80. The van der Waals surface area contributed by atoms with Crippen LogP contribution in [0.4, 0.5) is 35.9 Å². The van der Waals surface area contributed by atoms with Gasteiger partial charge in [0.2, 0.25) is 0 Å². The van der Waals surface area contributed by atoms with E-state index in [0.29, 0.717) is 43.7 Å². The molecule has 2 aliphatic carbocycles. The first-order chi connectivity index (χ1) is 26.2. The fraction of sp³-hybridized carbons (Fsp3) is 0.600. The molecule has 4 fully saturated rings. The molecule has 4 aliphatic rings. The van der Waals surface area contributed by atoms with Crippen molar-refractivity contribution in [1.82, 2.24) is 9.80 Å². The van der Waals surface area contributed by atoms with Crippen molar-refractivity contribution in [1.29, 1.82) is 9.56 Å². The van der Waals surface area contributed by atoms with Gasteiger partial charge in [-0.15, -0.1) is 0 Å². The number of hydrogen-bond donors (Lipinski definition) is 2. The van der Waals surface area contributed by atoms with Crippen molar-refractivity contribution in [2.75, 3.05) is 38.7 Å². The fourth-order valence-electron chi connectivity index (χ4n) is 8.20. The van der Waals surface area contributed by atoms with Crippen molar-refractivity contribution in [3.8, 4) is 0 Å². The van der Waals surface area contributed by atoms with E-state index in [2.05, 4.69) is 0 Å². The average Bonchev–Trinajstić information content (AvgIpc) is 2.94. The van der Waals surface area contributed by atoms with E-state index < -0.39 is 54.1 Å². The molecule has 322 valence electrons. The van der Waals surface area contributed by atoms with E-state index >= 15 is 0 Å². The first kappa shape index (κ1) is 45.3. The lowest BCUT2D eigenvalue weighted by molar-refractivity contribution is -0.138. The summed E-state index contributed by atoms with van der Waals surface area (Å²) in [5, 5.41) is 0. The van der Waals surface area contributed by atoms with Gasteiger partial charge in [-0.3, -0.25) is 0 Å². The van der Waals surface area contributed by atoms with Gasteiger partial charge in [-0.2, -0.15) is 26.3 Å². The predicted octanol–water partition coefficient (Wildman–Crippen LogP) is 10.1. The van der Waals surface area contributed by atoms with Crippen LogP contribution in [-0.2, 0) is 47.7 Å². The summed E-state index contributed by atoms with van der Waals surface area (Å²) in [4.78, 5) is 27.3. The number of alkyl halides is 6. The van der Waals surface area contributed by atoms with Crippen LogP contribution in [0.2, 0.25) is 0 Å². The lowest BCUT2D eigenvalue weighted by Crippen LogP contribution is -2.64. The summed E-state index contributed by atoms with van der Waals surface area (Å²) in [5.41, 5.74) is -0.886. The maximum absolute atomic E-state index is 13.0. The van der Waals surface area contributed by atoms with Crippen molar-refractivity contribution in [2.45, 2.75) is 107 Å². The minimum absolute atomic E-state index is 0.0105. The molecule has 0 aromatic heterocycles. The van der Waals surface area contributed by atoms with Crippen molar-refractivity contribution >= 4 is 37.7 Å². The average molecular weight is 863 g/mol. The van der Waals surface area contributed by atoms with Crippen LogP contribution in [0, 0.1) is 26.3 Å². The van der Waals surface area contributed by atoms with Gasteiger partial charge in [-0.05, 0) is 115 Å². The topological polar surface area (TPSA) is 141 Å². The van der Waals surface area contributed by atoms with Crippen LogP contribution in [0.3, 0.4) is 0 Å². The zero-order valence-corrected chi connectivity index (χ0v) is 35.5. The number of likely N-dealkylation sites (tertiary alicyclic amines) is 2. The Morgan fingerprint density at radius 2 is 1.14 bits per heavy atom. The Balaban J connectivity index is 0.000000221. The first-order valence-corrected chi connectivity index (χ1v) is 22.6. The number of allylic oxidation sites excluding steroid dienone is 1. The molecule has 58 heavy (non-hydrogen) atoms. The zero-order chi connectivity index (χ0) is 43.7. The van der Waals surface area contributed by atoms with Gasteiger partial charge in [-0.25, -0.2) is 27.6 Å². The van der Waals surface area contributed by atoms with Crippen molar-refractivity contribution in [3.63, 3.8) is 0 Å². The monoisotopic (exact) mass is 862 g/mol. The second-order valence-electron chi connectivity index (χ2n) is 18.6. The smallest absolute Gasteiger partial charge is 0.416 e. The normalized spacial score (nSPS) is 20.9. The summed E-state index contributed by atoms with van der Waals surface area (Å²) in [5.74, 6) is 0.244. The number of ether oxygens (including phenoxy) is 2. The Bertz CT molecular complexity index is 2180. The third-order valence-electron chi connectivity index (χ3n) is 10.5. The highest BCUT2D eigenvalue weighted by atomic mass is 32.2. The summed E-state index contributed by atoms with van der Waals surface area (Å²) in [6.07, 6.45) is -2.10. The number of benzene rings is 2. The third kappa shape index (κ3) is 10.9. The molecular weight excluding hydrogens is 811 g/mol. The largest absolute Gasteiger partial charge is 0.444 e. The van der Waals surface area contributed by atoms with E-state index in [1.54, 1.807) is 15.9 Å². The lowest BCUT2D eigenvalue weighted by Gasteiger charge is -2.59. The highest BCUT2D eigenvalue weighted by Crippen LogP contribution is 2.54. The number of carbonyl (C=O) groups excluding carboxylic acids is 2. The van der Waals surface area contributed by atoms with Crippen LogP contribution < -0.4 is 0 Å². The van der Waals surface area contributed by atoms with Gasteiger partial charge in [0.15, 0.2) is 0 Å². The first-order valence-electron chi connectivity index (χ1n) is 18.7. The van der Waals surface area contributed by atoms with Crippen molar-refractivity contribution in [3.05, 3.63) is 64.2 Å². The molecule has 2 amide bonds. The van der Waals surface area contributed by atoms with Crippen LogP contribution in [-0.4, -0.2) is 80.3 Å². The van der Waals surface area contributed by atoms with E-state index in [0.717, 1.165) is 68.0 Å². The molecule has 2 aromatic carbocycles. The van der Waals surface area contributed by atoms with E-state index in [4.69, 9.17) is 19.0 Å². The summed E-state index contributed by atoms with van der Waals surface area (Å²) in [7, 11) is -6.59. The highest BCUT2D eigenvalue weighted by molar-refractivity contribution is 7.92. The maximum Gasteiger partial charge on any atom is 0.416 e. The standard InChI is InChI=1S/C20H27F3N2O3S.C20H25F3N2O3S/c2*1-18(2,3)28-17(26)25-11-19(12-25)9-13(10-19)7-14-5-6-15(20(21,22)23)8-16(14)29(4,24)27/h5-6,8,13,24H,7,9-12H2,1-4H3;5-8,24H,9-12H2,1-4H3.